The van der Waals surface area contributed by atoms with E-state index in [0.29, 0.717) is 26.2 Å². The molecular formula is C15H27NO5S. The van der Waals surface area contributed by atoms with Crippen molar-refractivity contribution in [3.8, 4) is 0 Å². The predicted octanol–water partition coefficient (Wildman–Crippen LogP) is 0.999. The summed E-state index contributed by atoms with van der Waals surface area (Å²) >= 11 is 0. The lowest BCUT2D eigenvalue weighted by Crippen LogP contribution is -2.42. The lowest BCUT2D eigenvalue weighted by Gasteiger charge is -2.28. The summed E-state index contributed by atoms with van der Waals surface area (Å²) in [6, 6.07) is 0. The molecule has 128 valence electrons. The standard InChI is InChI=1S/C15H27NO5S/c1-2-15(5-3-4-6-15)21-14(17)13-20-10-7-16-8-11-22(18,19)12-9-16/h2-13H2,1H3. The number of carbonyl (C=O) groups excluding carboxylic acids is 1. The lowest BCUT2D eigenvalue weighted by molar-refractivity contribution is -0.165. The molecule has 0 aromatic rings. The van der Waals surface area contributed by atoms with E-state index in [-0.39, 0.29) is 29.7 Å². The van der Waals surface area contributed by atoms with Crippen LogP contribution in [0.2, 0.25) is 0 Å². The SMILES string of the molecule is CCC1(OC(=O)COCCN2CCS(=O)(=O)CC2)CCCC1. The highest BCUT2D eigenvalue weighted by atomic mass is 32.2. The molecule has 0 unspecified atom stereocenters. The Morgan fingerprint density at radius 3 is 2.41 bits per heavy atom. The summed E-state index contributed by atoms with van der Waals surface area (Å²) in [6.45, 7) is 4.22. The zero-order valence-electron chi connectivity index (χ0n) is 13.4. The quantitative estimate of drug-likeness (QED) is 0.511. The van der Waals surface area contributed by atoms with E-state index in [1.807, 2.05) is 0 Å². The van der Waals surface area contributed by atoms with Gasteiger partial charge < -0.3 is 9.47 Å². The molecular weight excluding hydrogens is 306 g/mol. The van der Waals surface area contributed by atoms with Crippen molar-refractivity contribution in [3.63, 3.8) is 0 Å². The molecule has 0 aromatic carbocycles. The average Bonchev–Trinajstić information content (AvgIpc) is 2.94. The van der Waals surface area contributed by atoms with Crippen LogP contribution >= 0.6 is 0 Å². The zero-order chi connectivity index (χ0) is 16.1. The molecule has 1 heterocycles. The highest BCUT2D eigenvalue weighted by Gasteiger charge is 2.35. The summed E-state index contributed by atoms with van der Waals surface area (Å²) in [5.41, 5.74) is -0.262. The van der Waals surface area contributed by atoms with E-state index in [0.717, 1.165) is 32.1 Å². The largest absolute Gasteiger partial charge is 0.457 e. The van der Waals surface area contributed by atoms with Gasteiger partial charge in [-0.3, -0.25) is 4.90 Å². The number of hydrogen-bond donors (Lipinski definition) is 0. The van der Waals surface area contributed by atoms with Crippen LogP contribution in [0.4, 0.5) is 0 Å². The molecule has 2 rings (SSSR count). The number of sulfone groups is 1. The van der Waals surface area contributed by atoms with E-state index in [1.165, 1.54) is 0 Å². The maximum atomic E-state index is 11.9. The van der Waals surface area contributed by atoms with E-state index in [1.54, 1.807) is 0 Å². The minimum Gasteiger partial charge on any atom is -0.457 e. The van der Waals surface area contributed by atoms with Crippen LogP contribution in [0.25, 0.3) is 0 Å². The fraction of sp³-hybridized carbons (Fsp3) is 0.933. The minimum absolute atomic E-state index is 0.0200. The van der Waals surface area contributed by atoms with Crippen LogP contribution in [-0.2, 0) is 24.1 Å². The van der Waals surface area contributed by atoms with Gasteiger partial charge >= 0.3 is 5.97 Å². The molecule has 0 aromatic heterocycles. The summed E-state index contributed by atoms with van der Waals surface area (Å²) in [5, 5.41) is 0. The van der Waals surface area contributed by atoms with Crippen molar-refractivity contribution in [1.82, 2.24) is 4.90 Å². The first-order valence-electron chi connectivity index (χ1n) is 8.17. The first-order valence-corrected chi connectivity index (χ1v) is 9.99. The highest BCUT2D eigenvalue weighted by molar-refractivity contribution is 7.91. The summed E-state index contributed by atoms with van der Waals surface area (Å²) in [5.74, 6) is 0.146. The molecule has 0 amide bonds. The molecule has 2 aliphatic rings. The van der Waals surface area contributed by atoms with Gasteiger partial charge in [-0.2, -0.15) is 0 Å². The second-order valence-corrected chi connectivity index (χ2v) is 8.57. The van der Waals surface area contributed by atoms with Gasteiger partial charge in [-0.25, -0.2) is 13.2 Å². The molecule has 1 aliphatic heterocycles. The van der Waals surface area contributed by atoms with Crippen LogP contribution in [0.5, 0.6) is 0 Å². The number of nitrogens with zero attached hydrogens (tertiary/aromatic N) is 1. The normalized spacial score (nSPS) is 24.2. The van der Waals surface area contributed by atoms with Crippen molar-refractivity contribution < 1.29 is 22.7 Å². The van der Waals surface area contributed by atoms with Crippen molar-refractivity contribution in [3.05, 3.63) is 0 Å². The van der Waals surface area contributed by atoms with Crippen molar-refractivity contribution in [2.24, 2.45) is 0 Å². The van der Waals surface area contributed by atoms with Gasteiger partial charge in [0.25, 0.3) is 0 Å². The van der Waals surface area contributed by atoms with Gasteiger partial charge in [0, 0.05) is 19.6 Å². The first kappa shape index (κ1) is 17.7. The average molecular weight is 333 g/mol. The van der Waals surface area contributed by atoms with Crippen molar-refractivity contribution in [2.75, 3.05) is 44.4 Å². The summed E-state index contributed by atoms with van der Waals surface area (Å²) in [7, 11) is -2.84. The third kappa shape index (κ3) is 5.21. The van der Waals surface area contributed by atoms with E-state index in [9.17, 15) is 13.2 Å². The molecule has 0 atom stereocenters. The predicted molar refractivity (Wildman–Crippen MR) is 83.5 cm³/mol. The topological polar surface area (TPSA) is 72.9 Å². The van der Waals surface area contributed by atoms with Crippen molar-refractivity contribution in [1.29, 1.82) is 0 Å². The van der Waals surface area contributed by atoms with E-state index < -0.39 is 9.84 Å². The third-order valence-corrected chi connectivity index (χ3v) is 6.31. The molecule has 22 heavy (non-hydrogen) atoms. The maximum absolute atomic E-state index is 11.9. The molecule has 7 heteroatoms. The van der Waals surface area contributed by atoms with Gasteiger partial charge in [-0.1, -0.05) is 6.92 Å². The smallest absolute Gasteiger partial charge is 0.332 e. The Labute approximate surface area is 133 Å². The minimum atomic E-state index is -2.84. The van der Waals surface area contributed by atoms with Crippen LogP contribution < -0.4 is 0 Å². The van der Waals surface area contributed by atoms with Crippen LogP contribution in [0.15, 0.2) is 0 Å². The second-order valence-electron chi connectivity index (χ2n) is 6.26. The molecule has 0 N–H and O–H groups in total. The summed E-state index contributed by atoms with van der Waals surface area (Å²) < 4.78 is 33.6. The van der Waals surface area contributed by atoms with Gasteiger partial charge in [-0.15, -0.1) is 0 Å². The summed E-state index contributed by atoms with van der Waals surface area (Å²) in [4.78, 5) is 13.9. The molecule has 1 saturated heterocycles. The number of hydrogen-bond acceptors (Lipinski definition) is 6. The van der Waals surface area contributed by atoms with E-state index >= 15 is 0 Å². The van der Waals surface area contributed by atoms with Crippen LogP contribution in [0.1, 0.15) is 39.0 Å². The third-order valence-electron chi connectivity index (χ3n) is 4.70. The Balaban J connectivity index is 1.59. The molecule has 1 aliphatic carbocycles. The van der Waals surface area contributed by atoms with Gasteiger partial charge in [-0.05, 0) is 32.1 Å². The number of carbonyl (C=O) groups is 1. The highest BCUT2D eigenvalue weighted by Crippen LogP contribution is 2.35. The van der Waals surface area contributed by atoms with Crippen molar-refractivity contribution in [2.45, 2.75) is 44.6 Å². The lowest BCUT2D eigenvalue weighted by atomic mass is 9.99. The van der Waals surface area contributed by atoms with Gasteiger partial charge in [0.05, 0.1) is 18.1 Å². The Bertz CT molecular complexity index is 456. The Morgan fingerprint density at radius 2 is 1.82 bits per heavy atom. The fourth-order valence-corrected chi connectivity index (χ4v) is 4.42. The first-order chi connectivity index (χ1) is 10.4. The molecule has 1 saturated carbocycles. The number of ether oxygens (including phenoxy) is 2. The molecule has 0 radical (unpaired) electrons. The Kier molecular flexibility index (Phi) is 6.23. The van der Waals surface area contributed by atoms with E-state index in [4.69, 9.17) is 9.47 Å². The fourth-order valence-electron chi connectivity index (χ4n) is 3.14. The Morgan fingerprint density at radius 1 is 1.18 bits per heavy atom. The summed E-state index contributed by atoms with van der Waals surface area (Å²) in [6.07, 6.45) is 5.02. The van der Waals surface area contributed by atoms with Gasteiger partial charge in [0.15, 0.2) is 9.84 Å². The van der Waals surface area contributed by atoms with Gasteiger partial charge in [0.1, 0.15) is 12.2 Å². The maximum Gasteiger partial charge on any atom is 0.332 e. The van der Waals surface area contributed by atoms with Crippen molar-refractivity contribution >= 4 is 15.8 Å². The molecule has 2 fully saturated rings. The Hall–Kier alpha value is -0.660. The van der Waals surface area contributed by atoms with Crippen LogP contribution in [-0.4, -0.2) is 69.2 Å². The van der Waals surface area contributed by atoms with E-state index in [2.05, 4.69) is 11.8 Å². The number of rotatable bonds is 7. The number of esters is 1. The van der Waals surface area contributed by atoms with Gasteiger partial charge in [0.2, 0.25) is 0 Å². The molecule has 0 bridgehead atoms. The van der Waals surface area contributed by atoms with Crippen LogP contribution in [0.3, 0.4) is 0 Å². The monoisotopic (exact) mass is 333 g/mol. The molecule has 0 spiro atoms. The second kappa shape index (κ2) is 7.75. The zero-order valence-corrected chi connectivity index (χ0v) is 14.2. The van der Waals surface area contributed by atoms with Crippen LogP contribution in [0, 0.1) is 0 Å². The molecule has 6 nitrogen and oxygen atoms in total.